The van der Waals surface area contributed by atoms with Gasteiger partial charge in [-0.05, 0) is 34.6 Å². The van der Waals surface area contributed by atoms with Crippen LogP contribution in [0.15, 0.2) is 6.33 Å². The Labute approximate surface area is 199 Å². The monoisotopic (exact) mass is 518 g/mol. The highest BCUT2D eigenvalue weighted by atomic mass is 31.2. The van der Waals surface area contributed by atoms with Gasteiger partial charge in [-0.2, -0.15) is 14.4 Å². The Bertz CT molecular complexity index is 1160. The number of carbonyl (C=O) groups excluding carboxylic acids is 1. The van der Waals surface area contributed by atoms with Crippen molar-refractivity contribution in [3.05, 3.63) is 12.4 Å². The van der Waals surface area contributed by atoms with E-state index in [-0.39, 0.29) is 29.7 Å². The molecular formula is C19H28FN6O8P. The Hall–Kier alpha value is -2.26. The number of rotatable bonds is 5. The zero-order valence-electron chi connectivity index (χ0n) is 19.7. The molecule has 4 N–H and O–H groups in total. The van der Waals surface area contributed by atoms with E-state index in [1.165, 1.54) is 31.7 Å². The van der Waals surface area contributed by atoms with Crippen LogP contribution in [-0.4, -0.2) is 73.4 Å². The van der Waals surface area contributed by atoms with Gasteiger partial charge in [0.2, 0.25) is 0 Å². The van der Waals surface area contributed by atoms with E-state index in [1.807, 2.05) is 0 Å². The topological polar surface area (TPSA) is 182 Å². The summed E-state index contributed by atoms with van der Waals surface area (Å²) in [6, 6.07) is -1.02. The summed E-state index contributed by atoms with van der Waals surface area (Å²) in [6.45, 7) is 7.44. The number of hydrogen-bond acceptors (Lipinski definition) is 12. The number of hydrogen-bond donors (Lipinski definition) is 3. The molecule has 0 aromatic carbocycles. The van der Waals surface area contributed by atoms with Crippen molar-refractivity contribution in [3.8, 4) is 0 Å². The summed E-state index contributed by atoms with van der Waals surface area (Å²) in [7, 11) is -4.10. The molecule has 6 atom stereocenters. The fourth-order valence-corrected chi connectivity index (χ4v) is 5.58. The Kier molecular flexibility index (Phi) is 6.87. The number of anilines is 1. The number of nitrogens with one attached hydrogen (secondary N) is 1. The molecule has 2 saturated heterocycles. The normalized spacial score (nSPS) is 31.7. The first-order valence-electron chi connectivity index (χ1n) is 10.9. The molecule has 0 aliphatic carbocycles. The summed E-state index contributed by atoms with van der Waals surface area (Å²) in [5, 5.41) is 13.6. The molecule has 4 heterocycles. The number of nitrogens with zero attached hydrogens (tertiary/aromatic N) is 4. The highest BCUT2D eigenvalue weighted by Gasteiger charge is 2.52. The van der Waals surface area contributed by atoms with E-state index in [9.17, 15) is 18.9 Å². The minimum atomic E-state index is -4.10. The van der Waals surface area contributed by atoms with E-state index in [4.69, 9.17) is 29.0 Å². The third kappa shape index (κ3) is 5.31. The molecule has 2 fully saturated rings. The lowest BCUT2D eigenvalue weighted by molar-refractivity contribution is -0.227. The number of nitrogens with two attached hydrogens (primary N) is 1. The van der Waals surface area contributed by atoms with Gasteiger partial charge in [-0.1, -0.05) is 0 Å². The summed E-state index contributed by atoms with van der Waals surface area (Å²) in [5.74, 6) is -2.35. The van der Waals surface area contributed by atoms with Gasteiger partial charge in [-0.25, -0.2) is 14.6 Å². The average molecular weight is 518 g/mol. The lowest BCUT2D eigenvalue weighted by Gasteiger charge is -2.37. The van der Waals surface area contributed by atoms with E-state index in [1.54, 1.807) is 13.8 Å². The molecule has 0 radical (unpaired) electrons. The van der Waals surface area contributed by atoms with Crippen molar-refractivity contribution in [1.82, 2.24) is 24.6 Å². The van der Waals surface area contributed by atoms with Crippen molar-refractivity contribution in [1.29, 1.82) is 0 Å². The van der Waals surface area contributed by atoms with Crippen LogP contribution in [-0.2, 0) is 32.6 Å². The second kappa shape index (κ2) is 9.32. The fourth-order valence-electron chi connectivity index (χ4n) is 3.85. The summed E-state index contributed by atoms with van der Waals surface area (Å²) in [5.41, 5.74) is 5.85. The van der Waals surface area contributed by atoms with Gasteiger partial charge in [0.15, 0.2) is 29.0 Å². The number of nitrogen functional groups attached to an aromatic ring is 1. The number of imidazole rings is 1. The number of aliphatic hydroxyl groups is 1. The third-order valence-electron chi connectivity index (χ3n) is 5.23. The van der Waals surface area contributed by atoms with Crippen molar-refractivity contribution < 1.29 is 42.1 Å². The second-order valence-electron chi connectivity index (χ2n) is 8.96. The molecule has 16 heteroatoms. The summed E-state index contributed by atoms with van der Waals surface area (Å²) in [4.78, 5) is 23.4. The number of aromatic nitrogens is 4. The molecule has 4 rings (SSSR count). The van der Waals surface area contributed by atoms with Gasteiger partial charge in [0.05, 0.1) is 19.0 Å². The number of fused-ring (bicyclic) bond motifs is 2. The molecular weight excluding hydrogens is 490 g/mol. The first kappa shape index (κ1) is 25.8. The molecule has 14 nitrogen and oxygen atoms in total. The number of aliphatic hydroxyl groups excluding tert-OH is 1. The molecule has 2 aliphatic heterocycles. The predicted octanol–water partition coefficient (Wildman–Crippen LogP) is 1.01. The van der Waals surface area contributed by atoms with Crippen LogP contribution in [0.2, 0.25) is 0 Å². The Balaban J connectivity index is 1.57. The largest absolute Gasteiger partial charge is 0.462 e. The minimum Gasteiger partial charge on any atom is -0.462 e. The van der Waals surface area contributed by atoms with Crippen LogP contribution in [0.1, 0.15) is 40.8 Å². The lowest BCUT2D eigenvalue weighted by Crippen LogP contribution is -2.47. The van der Waals surface area contributed by atoms with Crippen LogP contribution >= 0.6 is 7.75 Å². The predicted molar refractivity (Wildman–Crippen MR) is 117 cm³/mol. The molecule has 2 aromatic rings. The highest BCUT2D eigenvalue weighted by Crippen LogP contribution is 2.52. The Morgan fingerprint density at radius 1 is 1.40 bits per heavy atom. The maximum absolute atomic E-state index is 13.8. The van der Waals surface area contributed by atoms with Gasteiger partial charge in [0, 0.05) is 0 Å². The maximum atomic E-state index is 13.8. The van der Waals surface area contributed by atoms with Crippen molar-refractivity contribution in [2.24, 2.45) is 0 Å². The average Bonchev–Trinajstić information content (AvgIpc) is 3.26. The Morgan fingerprint density at radius 3 is 2.80 bits per heavy atom. The van der Waals surface area contributed by atoms with E-state index in [0.29, 0.717) is 0 Å². The standard InChI is InChI=1S/C19H28FN6O8P/c1-8(2)31-17(28)9(3)25-35(29)30-6-10-13(33-19(4,5)34-35)12(27)16(32-10)26-7-22-11-14(21)23-18(20)24-15(11)26/h7-10,12-13,16,27H,6H2,1-5H3,(H,25,29)(H2,21,23,24)/t9?,10-,12+,13-,16-,35?/m1/s1. The second-order valence-corrected chi connectivity index (χ2v) is 10.7. The van der Waals surface area contributed by atoms with E-state index < -0.39 is 56.2 Å². The third-order valence-corrected chi connectivity index (χ3v) is 7.10. The quantitative estimate of drug-likeness (QED) is 0.290. The van der Waals surface area contributed by atoms with E-state index in [2.05, 4.69) is 20.0 Å². The fraction of sp³-hybridized carbons (Fsp3) is 0.684. The number of carbonyl (C=O) groups is 1. The maximum Gasteiger partial charge on any atom is 0.408 e. The van der Waals surface area contributed by atoms with E-state index >= 15 is 0 Å². The Morgan fingerprint density at radius 2 is 2.11 bits per heavy atom. The number of ether oxygens (including phenoxy) is 3. The summed E-state index contributed by atoms with van der Waals surface area (Å²) >= 11 is 0. The van der Waals surface area contributed by atoms with Gasteiger partial charge in [-0.15, -0.1) is 0 Å². The van der Waals surface area contributed by atoms with Crippen molar-refractivity contribution >= 4 is 30.7 Å². The van der Waals surface area contributed by atoms with Crippen LogP contribution in [0.4, 0.5) is 10.2 Å². The van der Waals surface area contributed by atoms with Gasteiger partial charge in [-0.3, -0.25) is 18.4 Å². The van der Waals surface area contributed by atoms with Crippen LogP contribution in [0, 0.1) is 6.08 Å². The first-order chi connectivity index (χ1) is 16.3. The summed E-state index contributed by atoms with van der Waals surface area (Å²) in [6.07, 6.45) is -4.49. The van der Waals surface area contributed by atoms with Gasteiger partial charge >= 0.3 is 19.8 Å². The number of esters is 1. The van der Waals surface area contributed by atoms with Crippen molar-refractivity contribution in [2.45, 2.75) is 77.1 Å². The van der Waals surface area contributed by atoms with Crippen LogP contribution in [0.25, 0.3) is 11.2 Å². The molecule has 35 heavy (non-hydrogen) atoms. The van der Waals surface area contributed by atoms with Gasteiger partial charge in [0.1, 0.15) is 24.4 Å². The van der Waals surface area contributed by atoms with Crippen LogP contribution < -0.4 is 10.8 Å². The van der Waals surface area contributed by atoms with Crippen molar-refractivity contribution in [2.75, 3.05) is 12.3 Å². The molecule has 0 amide bonds. The van der Waals surface area contributed by atoms with Crippen LogP contribution in [0.5, 0.6) is 0 Å². The zero-order chi connectivity index (χ0) is 25.7. The van der Waals surface area contributed by atoms with Gasteiger partial charge < -0.3 is 25.1 Å². The molecule has 0 bridgehead atoms. The molecule has 2 aromatic heterocycles. The molecule has 0 saturated carbocycles. The SMILES string of the molecule is CC(C)OC(=O)C(C)NP1(=O)OC[C@H]2O[C@@H](n3cnc4c(N)nc(F)nc43)[C@@H](O)[C@@H]2OC(C)(C)O1. The van der Waals surface area contributed by atoms with Gasteiger partial charge in [0.25, 0.3) is 0 Å². The molecule has 0 spiro atoms. The zero-order valence-corrected chi connectivity index (χ0v) is 20.6. The summed E-state index contributed by atoms with van der Waals surface area (Å²) < 4.78 is 56.6. The minimum absolute atomic E-state index is 0.00887. The molecule has 2 unspecified atom stereocenters. The first-order valence-corrected chi connectivity index (χ1v) is 12.4. The van der Waals surface area contributed by atoms with E-state index in [0.717, 1.165) is 0 Å². The molecule has 2 aliphatic rings. The van der Waals surface area contributed by atoms with Crippen molar-refractivity contribution in [3.63, 3.8) is 0 Å². The smallest absolute Gasteiger partial charge is 0.408 e. The highest BCUT2D eigenvalue weighted by molar-refractivity contribution is 7.51. The number of halogens is 1. The molecule has 194 valence electrons. The lowest BCUT2D eigenvalue weighted by atomic mass is 10.1. The van der Waals surface area contributed by atoms with Crippen LogP contribution in [0.3, 0.4) is 0 Å².